The van der Waals surface area contributed by atoms with E-state index in [1.165, 1.54) is 33.2 Å². The number of anilines is 3. The Morgan fingerprint density at radius 3 is 1.40 bits per heavy atom. The summed E-state index contributed by atoms with van der Waals surface area (Å²) in [5.41, 5.74) is 12.3. The minimum Gasteiger partial charge on any atom is -0.455 e. The zero-order chi connectivity index (χ0) is 31.9. The second-order valence-corrected chi connectivity index (χ2v) is 12.1. The van der Waals surface area contributed by atoms with E-state index < -0.39 is 0 Å². The highest BCUT2D eigenvalue weighted by Crippen LogP contribution is 2.48. The number of fused-ring (bicyclic) bond motifs is 5. The molecular formula is C46H31NO. The lowest BCUT2D eigenvalue weighted by Crippen LogP contribution is -2.09. The summed E-state index contributed by atoms with van der Waals surface area (Å²) in [5, 5.41) is 4.57. The number of benzene rings is 8. The molecule has 0 saturated carbocycles. The maximum Gasteiger partial charge on any atom is 0.143 e. The molecule has 0 unspecified atom stereocenters. The van der Waals surface area contributed by atoms with Crippen LogP contribution < -0.4 is 4.90 Å². The van der Waals surface area contributed by atoms with Crippen LogP contribution in [0.1, 0.15) is 0 Å². The van der Waals surface area contributed by atoms with Gasteiger partial charge in [-0.05, 0) is 75.7 Å². The zero-order valence-electron chi connectivity index (χ0n) is 26.3. The standard InChI is InChI=1S/C46H31NO/c1-4-14-32(15-5-1)33-24-28-37(29-25-33)47(36-18-8-3-9-19-36)38-30-26-35(27-31-38)44-43(34-16-6-2-7-17-34)39-20-10-11-21-40(39)46-45(44)41-22-12-13-23-42(41)48-46/h1-31H. The van der Waals surface area contributed by atoms with E-state index in [1.807, 2.05) is 6.07 Å². The summed E-state index contributed by atoms with van der Waals surface area (Å²) in [5.74, 6) is 0. The van der Waals surface area contributed by atoms with Crippen molar-refractivity contribution in [3.05, 3.63) is 188 Å². The van der Waals surface area contributed by atoms with Gasteiger partial charge in [0.15, 0.2) is 0 Å². The van der Waals surface area contributed by atoms with Crippen molar-refractivity contribution >= 4 is 49.8 Å². The topological polar surface area (TPSA) is 16.4 Å². The minimum absolute atomic E-state index is 0.898. The SMILES string of the molecule is c1ccc(-c2ccc(N(c3ccccc3)c3ccc(-c4c(-c5ccccc5)c5ccccc5c5oc6ccccc6c45)cc3)cc2)cc1. The van der Waals surface area contributed by atoms with Crippen molar-refractivity contribution in [1.82, 2.24) is 0 Å². The molecule has 0 amide bonds. The van der Waals surface area contributed by atoms with Gasteiger partial charge in [0.05, 0.1) is 0 Å². The second kappa shape index (κ2) is 11.8. The summed E-state index contributed by atoms with van der Waals surface area (Å²) in [4.78, 5) is 2.32. The summed E-state index contributed by atoms with van der Waals surface area (Å²) >= 11 is 0. The molecule has 0 aliphatic heterocycles. The Hall–Kier alpha value is -6.38. The molecule has 9 aromatic rings. The van der Waals surface area contributed by atoms with E-state index in [-0.39, 0.29) is 0 Å². The number of furan rings is 1. The second-order valence-electron chi connectivity index (χ2n) is 12.1. The molecule has 226 valence electrons. The first kappa shape index (κ1) is 27.9. The third-order valence-corrected chi connectivity index (χ3v) is 9.26. The normalized spacial score (nSPS) is 11.3. The van der Waals surface area contributed by atoms with Crippen molar-refractivity contribution in [3.8, 4) is 33.4 Å². The molecule has 0 saturated heterocycles. The van der Waals surface area contributed by atoms with Gasteiger partial charge in [0, 0.05) is 38.8 Å². The van der Waals surface area contributed by atoms with Gasteiger partial charge in [-0.25, -0.2) is 0 Å². The molecular weight excluding hydrogens is 583 g/mol. The van der Waals surface area contributed by atoms with Gasteiger partial charge >= 0.3 is 0 Å². The molecule has 0 radical (unpaired) electrons. The number of hydrogen-bond donors (Lipinski definition) is 0. The molecule has 0 bridgehead atoms. The lowest BCUT2D eigenvalue weighted by molar-refractivity contribution is 0.673. The quantitative estimate of drug-likeness (QED) is 0.185. The predicted octanol–water partition coefficient (Wildman–Crippen LogP) is 13.2. The fourth-order valence-electron chi connectivity index (χ4n) is 7.07. The van der Waals surface area contributed by atoms with E-state index in [4.69, 9.17) is 4.42 Å². The lowest BCUT2D eigenvalue weighted by Gasteiger charge is -2.26. The van der Waals surface area contributed by atoms with Crippen LogP contribution in [0, 0.1) is 0 Å². The maximum atomic E-state index is 6.63. The monoisotopic (exact) mass is 613 g/mol. The fraction of sp³-hybridized carbons (Fsp3) is 0. The van der Waals surface area contributed by atoms with Crippen molar-refractivity contribution in [2.24, 2.45) is 0 Å². The predicted molar refractivity (Wildman–Crippen MR) is 202 cm³/mol. The van der Waals surface area contributed by atoms with Crippen molar-refractivity contribution in [3.63, 3.8) is 0 Å². The summed E-state index contributed by atoms with van der Waals surface area (Å²) < 4.78 is 6.63. The van der Waals surface area contributed by atoms with Crippen LogP contribution in [0.15, 0.2) is 192 Å². The van der Waals surface area contributed by atoms with E-state index in [2.05, 4.69) is 187 Å². The molecule has 2 nitrogen and oxygen atoms in total. The van der Waals surface area contributed by atoms with Gasteiger partial charge in [0.1, 0.15) is 11.2 Å². The molecule has 0 aliphatic carbocycles. The first-order valence-electron chi connectivity index (χ1n) is 16.4. The molecule has 0 aliphatic rings. The van der Waals surface area contributed by atoms with E-state index in [9.17, 15) is 0 Å². The average Bonchev–Trinajstić information content (AvgIpc) is 3.56. The molecule has 0 fully saturated rings. The summed E-state index contributed by atoms with van der Waals surface area (Å²) in [6, 6.07) is 66.7. The summed E-state index contributed by atoms with van der Waals surface area (Å²) in [6.07, 6.45) is 0. The average molecular weight is 614 g/mol. The molecule has 48 heavy (non-hydrogen) atoms. The molecule has 9 rings (SSSR count). The molecule has 8 aromatic carbocycles. The van der Waals surface area contributed by atoms with Gasteiger partial charge in [-0.2, -0.15) is 0 Å². The van der Waals surface area contributed by atoms with Crippen LogP contribution in [0.3, 0.4) is 0 Å². The third-order valence-electron chi connectivity index (χ3n) is 9.26. The van der Waals surface area contributed by atoms with Crippen LogP contribution in [0.5, 0.6) is 0 Å². The summed E-state index contributed by atoms with van der Waals surface area (Å²) in [6.45, 7) is 0. The highest BCUT2D eigenvalue weighted by molar-refractivity contribution is 6.26. The Morgan fingerprint density at radius 2 is 0.750 bits per heavy atom. The molecule has 0 spiro atoms. The largest absolute Gasteiger partial charge is 0.455 e. The van der Waals surface area contributed by atoms with Gasteiger partial charge in [0.25, 0.3) is 0 Å². The van der Waals surface area contributed by atoms with Gasteiger partial charge in [-0.1, -0.05) is 146 Å². The highest BCUT2D eigenvalue weighted by Gasteiger charge is 2.22. The van der Waals surface area contributed by atoms with Crippen LogP contribution in [-0.4, -0.2) is 0 Å². The van der Waals surface area contributed by atoms with Crippen LogP contribution in [-0.2, 0) is 0 Å². The molecule has 0 atom stereocenters. The Kier molecular flexibility index (Phi) is 6.84. The van der Waals surface area contributed by atoms with Gasteiger partial charge in [-0.3, -0.25) is 0 Å². The summed E-state index contributed by atoms with van der Waals surface area (Å²) in [7, 11) is 0. The van der Waals surface area contributed by atoms with Crippen LogP contribution >= 0.6 is 0 Å². The Morgan fingerprint density at radius 1 is 0.312 bits per heavy atom. The lowest BCUT2D eigenvalue weighted by atomic mass is 9.86. The molecule has 1 heterocycles. The van der Waals surface area contributed by atoms with E-state index >= 15 is 0 Å². The zero-order valence-corrected chi connectivity index (χ0v) is 26.3. The van der Waals surface area contributed by atoms with Crippen molar-refractivity contribution < 1.29 is 4.42 Å². The first-order valence-corrected chi connectivity index (χ1v) is 16.4. The Bertz CT molecular complexity index is 2520. The van der Waals surface area contributed by atoms with Gasteiger partial charge in [0.2, 0.25) is 0 Å². The molecule has 2 heteroatoms. The fourth-order valence-corrected chi connectivity index (χ4v) is 7.07. The van der Waals surface area contributed by atoms with E-state index in [0.717, 1.165) is 50.0 Å². The molecule has 0 N–H and O–H groups in total. The van der Waals surface area contributed by atoms with Crippen LogP contribution in [0.2, 0.25) is 0 Å². The number of rotatable bonds is 6. The first-order chi connectivity index (χ1) is 23.8. The van der Waals surface area contributed by atoms with E-state index in [0.29, 0.717) is 0 Å². The number of para-hydroxylation sites is 2. The Balaban J connectivity index is 1.25. The van der Waals surface area contributed by atoms with Crippen molar-refractivity contribution in [1.29, 1.82) is 0 Å². The smallest absolute Gasteiger partial charge is 0.143 e. The van der Waals surface area contributed by atoms with Gasteiger partial charge in [-0.15, -0.1) is 0 Å². The van der Waals surface area contributed by atoms with Gasteiger partial charge < -0.3 is 9.32 Å². The minimum atomic E-state index is 0.898. The molecule has 1 aromatic heterocycles. The van der Waals surface area contributed by atoms with E-state index in [1.54, 1.807) is 0 Å². The maximum absolute atomic E-state index is 6.63. The number of nitrogens with zero attached hydrogens (tertiary/aromatic N) is 1. The highest BCUT2D eigenvalue weighted by atomic mass is 16.3. The third kappa shape index (κ3) is 4.74. The van der Waals surface area contributed by atoms with Crippen molar-refractivity contribution in [2.45, 2.75) is 0 Å². The number of hydrogen-bond acceptors (Lipinski definition) is 2. The van der Waals surface area contributed by atoms with Crippen LogP contribution in [0.25, 0.3) is 66.1 Å². The van der Waals surface area contributed by atoms with Crippen LogP contribution in [0.4, 0.5) is 17.1 Å². The Labute approximate surface area is 279 Å². The van der Waals surface area contributed by atoms with Crippen molar-refractivity contribution in [2.75, 3.05) is 4.90 Å².